The van der Waals surface area contributed by atoms with Crippen LogP contribution in [0.5, 0.6) is 0 Å². The molecule has 0 saturated carbocycles. The van der Waals surface area contributed by atoms with E-state index in [9.17, 15) is 4.79 Å². The van der Waals surface area contributed by atoms with Crippen LogP contribution >= 0.6 is 0 Å². The van der Waals surface area contributed by atoms with E-state index in [-0.39, 0.29) is 0 Å². The molecule has 0 bridgehead atoms. The largest absolute Gasteiger partial charge is 0.300 e. The molecule has 1 unspecified atom stereocenters. The normalized spacial score (nSPS) is 23.4. The molecule has 1 aliphatic rings. The monoisotopic (exact) mass is 181 g/mol. The minimum atomic E-state index is 0.304. The molecule has 1 fully saturated rings. The van der Waals surface area contributed by atoms with E-state index in [2.05, 4.69) is 11.5 Å². The predicted molar refractivity (Wildman–Crippen MR) is 54.7 cm³/mol. The van der Waals surface area contributed by atoms with Gasteiger partial charge in [-0.05, 0) is 33.2 Å². The van der Waals surface area contributed by atoms with Crippen molar-refractivity contribution in [3.8, 4) is 0 Å². The Bertz CT molecular complexity index is 188. The van der Waals surface area contributed by atoms with E-state index in [0.717, 1.165) is 13.1 Å². The Morgan fingerprint density at radius 3 is 2.77 bits per heavy atom. The van der Waals surface area contributed by atoms with Crippen molar-refractivity contribution in [3.63, 3.8) is 0 Å². The molecule has 0 aromatic heterocycles. The van der Waals surface area contributed by atoms with Crippen molar-refractivity contribution in [2.75, 3.05) is 13.1 Å². The zero-order valence-corrected chi connectivity index (χ0v) is 8.68. The second-order valence-corrected chi connectivity index (χ2v) is 4.13. The van der Waals surface area contributed by atoms with Crippen LogP contribution in [0, 0.1) is 0 Å². The Morgan fingerprint density at radius 1 is 1.54 bits per heavy atom. The molecule has 1 rings (SSSR count). The summed E-state index contributed by atoms with van der Waals surface area (Å²) in [7, 11) is 0. The van der Waals surface area contributed by atoms with Crippen LogP contribution in [0.3, 0.4) is 0 Å². The maximum Gasteiger partial charge on any atom is 0.131 e. The SMILES string of the molecule is C=C(C)CN1CCCC1CC(C)=O. The molecular weight excluding hydrogens is 162 g/mol. The third kappa shape index (κ3) is 3.31. The van der Waals surface area contributed by atoms with Crippen molar-refractivity contribution < 1.29 is 4.79 Å². The molecule has 1 heterocycles. The third-order valence-electron chi connectivity index (χ3n) is 2.50. The minimum Gasteiger partial charge on any atom is -0.300 e. The zero-order valence-electron chi connectivity index (χ0n) is 8.68. The van der Waals surface area contributed by atoms with Crippen molar-refractivity contribution in [2.45, 2.75) is 39.2 Å². The summed E-state index contributed by atoms with van der Waals surface area (Å²) in [5, 5.41) is 0. The molecule has 13 heavy (non-hydrogen) atoms. The van der Waals surface area contributed by atoms with Crippen molar-refractivity contribution in [2.24, 2.45) is 0 Å². The highest BCUT2D eigenvalue weighted by Gasteiger charge is 2.24. The van der Waals surface area contributed by atoms with Crippen molar-refractivity contribution in [3.05, 3.63) is 12.2 Å². The second kappa shape index (κ2) is 4.56. The summed E-state index contributed by atoms with van der Waals surface area (Å²) in [5.41, 5.74) is 1.19. The van der Waals surface area contributed by atoms with Crippen molar-refractivity contribution >= 4 is 5.78 Å². The molecule has 0 aromatic rings. The van der Waals surface area contributed by atoms with Gasteiger partial charge >= 0.3 is 0 Å². The second-order valence-electron chi connectivity index (χ2n) is 4.13. The fourth-order valence-corrected chi connectivity index (χ4v) is 2.01. The lowest BCUT2D eigenvalue weighted by atomic mass is 10.1. The van der Waals surface area contributed by atoms with Crippen molar-refractivity contribution in [1.29, 1.82) is 0 Å². The lowest BCUT2D eigenvalue weighted by Gasteiger charge is -2.23. The lowest BCUT2D eigenvalue weighted by Crippen LogP contribution is -2.32. The van der Waals surface area contributed by atoms with E-state index in [1.807, 2.05) is 6.92 Å². The molecular formula is C11H19NO. The first-order valence-corrected chi connectivity index (χ1v) is 4.97. The Hall–Kier alpha value is -0.630. The molecule has 0 aromatic carbocycles. The quantitative estimate of drug-likeness (QED) is 0.618. The number of rotatable bonds is 4. The van der Waals surface area contributed by atoms with E-state index < -0.39 is 0 Å². The summed E-state index contributed by atoms with van der Waals surface area (Å²) in [4.78, 5) is 13.4. The molecule has 0 N–H and O–H groups in total. The highest BCUT2D eigenvalue weighted by molar-refractivity contribution is 5.76. The predicted octanol–water partition coefficient (Wildman–Crippen LogP) is 2.01. The maximum atomic E-state index is 11.0. The molecule has 74 valence electrons. The number of Topliss-reactive ketones (excluding diaryl/α,β-unsaturated/α-hetero) is 1. The average Bonchev–Trinajstić information content (AvgIpc) is 2.34. The van der Waals surface area contributed by atoms with Crippen LogP contribution in [-0.4, -0.2) is 29.8 Å². The Kier molecular flexibility index (Phi) is 3.67. The van der Waals surface area contributed by atoms with E-state index in [4.69, 9.17) is 0 Å². The van der Waals surface area contributed by atoms with Gasteiger partial charge in [0.2, 0.25) is 0 Å². The summed E-state index contributed by atoms with van der Waals surface area (Å²) in [6.07, 6.45) is 3.12. The van der Waals surface area contributed by atoms with Gasteiger partial charge in [-0.3, -0.25) is 9.69 Å². The lowest BCUT2D eigenvalue weighted by molar-refractivity contribution is -0.117. The Labute approximate surface area is 80.6 Å². The van der Waals surface area contributed by atoms with E-state index in [1.165, 1.54) is 18.4 Å². The standard InChI is InChI=1S/C11H19NO/c1-9(2)8-12-6-4-5-11(12)7-10(3)13/h11H,1,4-8H2,2-3H3. The molecule has 0 spiro atoms. The van der Waals surface area contributed by atoms with E-state index >= 15 is 0 Å². The van der Waals surface area contributed by atoms with Crippen LogP contribution in [0.25, 0.3) is 0 Å². The number of ketones is 1. The van der Waals surface area contributed by atoms with Crippen LogP contribution in [0.15, 0.2) is 12.2 Å². The number of nitrogens with zero attached hydrogens (tertiary/aromatic N) is 1. The fourth-order valence-electron chi connectivity index (χ4n) is 2.01. The van der Waals surface area contributed by atoms with Crippen molar-refractivity contribution in [1.82, 2.24) is 4.90 Å². The Morgan fingerprint density at radius 2 is 2.23 bits per heavy atom. The molecule has 0 radical (unpaired) electrons. The molecule has 1 saturated heterocycles. The van der Waals surface area contributed by atoms with Crippen LogP contribution < -0.4 is 0 Å². The first kappa shape index (κ1) is 10.5. The zero-order chi connectivity index (χ0) is 9.84. The van der Waals surface area contributed by atoms with Gasteiger partial charge in [-0.1, -0.05) is 12.2 Å². The average molecular weight is 181 g/mol. The van der Waals surface area contributed by atoms with E-state index in [1.54, 1.807) is 6.92 Å². The number of carbonyl (C=O) groups excluding carboxylic acids is 1. The van der Waals surface area contributed by atoms with Gasteiger partial charge in [-0.15, -0.1) is 0 Å². The van der Waals surface area contributed by atoms with Crippen LogP contribution in [-0.2, 0) is 4.79 Å². The van der Waals surface area contributed by atoms with Gasteiger partial charge in [0.25, 0.3) is 0 Å². The summed E-state index contributed by atoms with van der Waals surface area (Å²) in [6.45, 7) is 9.71. The smallest absolute Gasteiger partial charge is 0.131 e. The van der Waals surface area contributed by atoms with Gasteiger partial charge in [0, 0.05) is 19.0 Å². The molecule has 2 heteroatoms. The van der Waals surface area contributed by atoms with Gasteiger partial charge in [-0.25, -0.2) is 0 Å². The number of carbonyl (C=O) groups is 1. The van der Waals surface area contributed by atoms with Gasteiger partial charge in [0.1, 0.15) is 5.78 Å². The number of likely N-dealkylation sites (tertiary alicyclic amines) is 1. The summed E-state index contributed by atoms with van der Waals surface area (Å²) >= 11 is 0. The molecule has 1 atom stereocenters. The van der Waals surface area contributed by atoms with Crippen LogP contribution in [0.2, 0.25) is 0 Å². The fraction of sp³-hybridized carbons (Fsp3) is 0.727. The molecule has 2 nitrogen and oxygen atoms in total. The highest BCUT2D eigenvalue weighted by atomic mass is 16.1. The summed E-state index contributed by atoms with van der Waals surface area (Å²) in [6, 6.07) is 0.481. The highest BCUT2D eigenvalue weighted by Crippen LogP contribution is 2.20. The first-order valence-electron chi connectivity index (χ1n) is 4.97. The molecule has 1 aliphatic heterocycles. The number of hydrogen-bond donors (Lipinski definition) is 0. The summed E-state index contributed by atoms with van der Waals surface area (Å²) < 4.78 is 0. The van der Waals surface area contributed by atoms with Gasteiger partial charge in [0.05, 0.1) is 0 Å². The van der Waals surface area contributed by atoms with Crippen LogP contribution in [0.4, 0.5) is 0 Å². The minimum absolute atomic E-state index is 0.304. The van der Waals surface area contributed by atoms with Gasteiger partial charge < -0.3 is 0 Å². The first-order chi connectivity index (χ1) is 6.09. The third-order valence-corrected chi connectivity index (χ3v) is 2.50. The maximum absolute atomic E-state index is 11.0. The van der Waals surface area contributed by atoms with Crippen LogP contribution in [0.1, 0.15) is 33.1 Å². The topological polar surface area (TPSA) is 20.3 Å². The summed E-state index contributed by atoms with van der Waals surface area (Å²) in [5.74, 6) is 0.304. The van der Waals surface area contributed by atoms with E-state index in [0.29, 0.717) is 18.2 Å². The van der Waals surface area contributed by atoms with Gasteiger partial charge in [0.15, 0.2) is 0 Å². The van der Waals surface area contributed by atoms with Gasteiger partial charge in [-0.2, -0.15) is 0 Å². The molecule has 0 amide bonds. The molecule has 0 aliphatic carbocycles. The Balaban J connectivity index is 2.43. The number of hydrogen-bond acceptors (Lipinski definition) is 2.